The van der Waals surface area contributed by atoms with Gasteiger partial charge < -0.3 is 19.5 Å². The molecule has 1 spiro atoms. The molecule has 4 aliphatic rings. The number of allylic oxidation sites excluding steroid dienone is 2. The van der Waals surface area contributed by atoms with E-state index in [1.807, 2.05) is 12.1 Å². The highest BCUT2D eigenvalue weighted by atomic mass is 35.5. The number of rotatable bonds is 5. The molecule has 11 nitrogen and oxygen atoms in total. The van der Waals surface area contributed by atoms with Crippen LogP contribution in [0.3, 0.4) is 0 Å². The van der Waals surface area contributed by atoms with E-state index in [2.05, 4.69) is 37.8 Å². The summed E-state index contributed by atoms with van der Waals surface area (Å²) in [5, 5.41) is 16.3. The lowest BCUT2D eigenvalue weighted by Crippen LogP contribution is -2.49. The standard InChI is InChI=1S/C38H44ClN5O6S/c1-4-6-24-8-14-33(45)29-12-9-27(29)19-44-22-38(16-5-7-25-17-28(39)11-13-31(25)38)23-50-34-15-10-26(18-32(34)44)35(46)41-51(48,21-24)42-36(47)30-20-43(2)40-37(30)49-3/h4,8,10-11,13-15,17-18,20,24,27,29,33,45H,1,5-7,9,12,16,19,21-23H2,2-3H3,(H,41,42,46,47,48)/b14-8+/t24-,27+,29-,33+,38+,51+/m1/s1. The van der Waals surface area contributed by atoms with Crippen molar-refractivity contribution in [3.63, 3.8) is 0 Å². The van der Waals surface area contributed by atoms with E-state index in [0.29, 0.717) is 36.9 Å². The number of carbonyl (C=O) groups is 2. The number of aliphatic hydroxyl groups is 1. The van der Waals surface area contributed by atoms with Crippen LogP contribution in [0.1, 0.15) is 63.9 Å². The van der Waals surface area contributed by atoms with Crippen LogP contribution >= 0.6 is 11.6 Å². The lowest BCUT2D eigenvalue weighted by molar-refractivity contribution is 0.0454. The van der Waals surface area contributed by atoms with Crippen LogP contribution < -0.4 is 19.1 Å². The normalized spacial score (nSPS) is 29.4. The van der Waals surface area contributed by atoms with Gasteiger partial charge in [-0.2, -0.15) is 0 Å². The predicted octanol–water partition coefficient (Wildman–Crippen LogP) is 5.66. The average Bonchev–Trinajstić information content (AvgIpc) is 3.40. The van der Waals surface area contributed by atoms with E-state index in [1.165, 1.54) is 29.1 Å². The molecule has 2 N–H and O–H groups in total. The Hall–Kier alpha value is -4.13. The van der Waals surface area contributed by atoms with Crippen molar-refractivity contribution in [1.82, 2.24) is 14.5 Å². The van der Waals surface area contributed by atoms with Crippen molar-refractivity contribution in [1.29, 1.82) is 0 Å². The van der Waals surface area contributed by atoms with Crippen molar-refractivity contribution in [2.45, 2.75) is 50.0 Å². The fraction of sp³-hybridized carbons (Fsp3) is 0.447. The van der Waals surface area contributed by atoms with E-state index in [1.54, 1.807) is 37.4 Å². The number of fused-ring (bicyclic) bond motifs is 4. The van der Waals surface area contributed by atoms with E-state index in [0.717, 1.165) is 37.8 Å². The molecule has 2 bridgehead atoms. The minimum absolute atomic E-state index is 0.0217. The quantitative estimate of drug-likeness (QED) is 0.321. The van der Waals surface area contributed by atoms with Gasteiger partial charge >= 0.3 is 0 Å². The van der Waals surface area contributed by atoms with Crippen molar-refractivity contribution in [3.8, 4) is 11.6 Å². The lowest BCUT2D eigenvalue weighted by atomic mass is 9.68. The molecule has 270 valence electrons. The molecule has 2 aliphatic heterocycles. The van der Waals surface area contributed by atoms with Gasteiger partial charge in [0.25, 0.3) is 11.8 Å². The van der Waals surface area contributed by atoms with E-state index in [4.69, 9.17) is 21.1 Å². The van der Waals surface area contributed by atoms with Gasteiger partial charge in [-0.25, -0.2) is 4.21 Å². The van der Waals surface area contributed by atoms with Gasteiger partial charge in [-0.05, 0) is 97.7 Å². The number of carbonyl (C=O) groups excluding carboxylic acids is 2. The lowest BCUT2D eigenvalue weighted by Gasteiger charge is -2.45. The van der Waals surface area contributed by atoms with Crippen LogP contribution in [-0.4, -0.2) is 69.6 Å². The fourth-order valence-electron chi connectivity index (χ4n) is 8.18. The zero-order valence-corrected chi connectivity index (χ0v) is 30.5. The topological polar surface area (TPSA) is 135 Å². The minimum Gasteiger partial charge on any atom is -0.490 e. The molecule has 2 amide bonds. The molecule has 1 aromatic heterocycles. The third-order valence-electron chi connectivity index (χ3n) is 10.9. The number of nitrogens with one attached hydrogen (secondary N) is 1. The predicted molar refractivity (Wildman–Crippen MR) is 197 cm³/mol. The first-order valence-electron chi connectivity index (χ1n) is 17.5. The second kappa shape index (κ2) is 14.1. The van der Waals surface area contributed by atoms with Crippen molar-refractivity contribution in [3.05, 3.63) is 94.7 Å². The number of hydrogen-bond donors (Lipinski definition) is 2. The smallest absolute Gasteiger partial charge is 0.286 e. The molecule has 1 saturated carbocycles. The first-order chi connectivity index (χ1) is 24.5. The Morgan fingerprint density at radius 1 is 1.25 bits per heavy atom. The second-order valence-electron chi connectivity index (χ2n) is 14.3. The number of anilines is 1. The van der Waals surface area contributed by atoms with Crippen molar-refractivity contribution in [2.24, 2.45) is 29.2 Å². The maximum absolute atomic E-state index is 14.7. The first kappa shape index (κ1) is 35.3. The summed E-state index contributed by atoms with van der Waals surface area (Å²) in [6.07, 6.45) is 11.1. The van der Waals surface area contributed by atoms with E-state index >= 15 is 0 Å². The number of hydrogen-bond acceptors (Lipinski definition) is 8. The molecule has 1 fully saturated rings. The summed E-state index contributed by atoms with van der Waals surface area (Å²) in [5.41, 5.74) is 3.19. The van der Waals surface area contributed by atoms with Crippen LogP contribution in [0.25, 0.3) is 0 Å². The molecule has 0 unspecified atom stereocenters. The highest BCUT2D eigenvalue weighted by Gasteiger charge is 2.44. The molecule has 2 aliphatic carbocycles. The summed E-state index contributed by atoms with van der Waals surface area (Å²) in [6.45, 7) is 5.65. The van der Waals surface area contributed by atoms with Crippen LogP contribution in [0, 0.1) is 17.8 Å². The summed E-state index contributed by atoms with van der Waals surface area (Å²) in [7, 11) is -0.705. The molecular formula is C38H44ClN5O6S. The summed E-state index contributed by atoms with van der Waals surface area (Å²) >= 11 is 6.43. The van der Waals surface area contributed by atoms with Crippen molar-refractivity contribution < 1.29 is 28.4 Å². The van der Waals surface area contributed by atoms with Crippen molar-refractivity contribution in [2.75, 3.05) is 37.5 Å². The zero-order chi connectivity index (χ0) is 35.9. The SMILES string of the molecule is C=CC[C@@H]1/C=C/[C@H](O)[C@@H]2CC[C@H]2CN2C[C@@]3(CCCc4cc(Cl)ccc43)COc3ccc(cc32)C(=O)N=[S@](=O)(NC(=O)c2cn(C)nc2OC)C1. The second-order valence-corrected chi connectivity index (χ2v) is 16.7. The van der Waals surface area contributed by atoms with Gasteiger partial charge in [0, 0.05) is 42.3 Å². The van der Waals surface area contributed by atoms with Gasteiger partial charge in [0.2, 0.25) is 5.88 Å². The summed E-state index contributed by atoms with van der Waals surface area (Å²) in [5.74, 6) is -1.16. The molecule has 3 aromatic rings. The Morgan fingerprint density at radius 2 is 2.10 bits per heavy atom. The molecule has 13 heteroatoms. The largest absolute Gasteiger partial charge is 0.490 e. The zero-order valence-electron chi connectivity index (χ0n) is 28.9. The fourth-order valence-corrected chi connectivity index (χ4v) is 10.2. The number of aliphatic hydroxyl groups excluding tert-OH is 1. The monoisotopic (exact) mass is 733 g/mol. The van der Waals surface area contributed by atoms with Crippen LogP contribution in [0.4, 0.5) is 5.69 Å². The number of amides is 2. The Kier molecular flexibility index (Phi) is 9.77. The molecule has 2 aromatic carbocycles. The Morgan fingerprint density at radius 3 is 2.86 bits per heavy atom. The molecule has 7 rings (SSSR count). The van der Waals surface area contributed by atoms with Gasteiger partial charge in [-0.3, -0.25) is 19.0 Å². The van der Waals surface area contributed by atoms with Crippen LogP contribution in [0.15, 0.2) is 71.8 Å². The molecule has 51 heavy (non-hydrogen) atoms. The van der Waals surface area contributed by atoms with Gasteiger partial charge in [-0.15, -0.1) is 16.0 Å². The Bertz CT molecular complexity index is 2020. The molecule has 0 saturated heterocycles. The van der Waals surface area contributed by atoms with E-state index < -0.39 is 33.8 Å². The van der Waals surface area contributed by atoms with E-state index in [9.17, 15) is 18.9 Å². The molecule has 6 atom stereocenters. The van der Waals surface area contributed by atoms with Crippen LogP contribution in [0.2, 0.25) is 5.02 Å². The maximum atomic E-state index is 14.7. The summed E-state index contributed by atoms with van der Waals surface area (Å²) in [4.78, 5) is 29.9. The summed E-state index contributed by atoms with van der Waals surface area (Å²) in [6, 6.07) is 11.3. The average molecular weight is 734 g/mol. The molecule has 0 radical (unpaired) electrons. The number of aryl methyl sites for hydroxylation is 2. The van der Waals surface area contributed by atoms with Crippen molar-refractivity contribution >= 4 is 39.0 Å². The number of benzene rings is 2. The molecular weight excluding hydrogens is 690 g/mol. The minimum atomic E-state index is -3.72. The Labute approximate surface area is 304 Å². The number of ether oxygens (including phenoxy) is 2. The third kappa shape index (κ3) is 7.05. The van der Waals surface area contributed by atoms with Crippen LogP contribution in [0.5, 0.6) is 11.6 Å². The number of aromatic nitrogens is 2. The highest BCUT2D eigenvalue weighted by Crippen LogP contribution is 2.47. The van der Waals surface area contributed by atoms with Gasteiger partial charge in [-0.1, -0.05) is 35.9 Å². The number of methoxy groups -OCH3 is 1. The van der Waals surface area contributed by atoms with E-state index in [-0.39, 0.29) is 40.0 Å². The molecule has 3 heterocycles. The van der Waals surface area contributed by atoms with Gasteiger partial charge in [0.05, 0.1) is 31.3 Å². The third-order valence-corrected chi connectivity index (χ3v) is 12.9. The van der Waals surface area contributed by atoms with Gasteiger partial charge in [0.1, 0.15) is 21.2 Å². The maximum Gasteiger partial charge on any atom is 0.286 e. The number of nitrogens with zero attached hydrogens (tertiary/aromatic N) is 4. The summed E-state index contributed by atoms with van der Waals surface area (Å²) < 4.78 is 34.8. The van der Waals surface area contributed by atoms with Gasteiger partial charge in [0.15, 0.2) is 0 Å². The van der Waals surface area contributed by atoms with Crippen LogP contribution in [-0.2, 0) is 28.8 Å². The number of halogens is 1. The Balaban J connectivity index is 1.32. The highest BCUT2D eigenvalue weighted by molar-refractivity contribution is 7.92. The first-order valence-corrected chi connectivity index (χ1v) is 19.5.